The van der Waals surface area contributed by atoms with Gasteiger partial charge in [0, 0.05) is 6.42 Å². The largest absolute Gasteiger partial charge is 0.481 e. The summed E-state index contributed by atoms with van der Waals surface area (Å²) in [5.74, 6) is -3.15. The summed E-state index contributed by atoms with van der Waals surface area (Å²) in [6.45, 7) is 0. The van der Waals surface area contributed by atoms with Crippen molar-refractivity contribution in [1.29, 1.82) is 0 Å². The van der Waals surface area contributed by atoms with Crippen molar-refractivity contribution in [3.8, 4) is 0 Å². The number of hydrogen-bond acceptors (Lipinski definition) is 3. The van der Waals surface area contributed by atoms with Crippen molar-refractivity contribution in [2.24, 2.45) is 0 Å². The van der Waals surface area contributed by atoms with Crippen LogP contribution in [0, 0.1) is 5.82 Å². The average Bonchev–Trinajstić information content (AvgIpc) is 2.25. The summed E-state index contributed by atoms with van der Waals surface area (Å²) in [5, 5.41) is 26.5. The Morgan fingerprint density at radius 3 is 2.47 bits per heavy atom. The van der Waals surface area contributed by atoms with Crippen molar-refractivity contribution in [3.05, 3.63) is 35.1 Å². The van der Waals surface area contributed by atoms with E-state index in [0.29, 0.717) is 0 Å². The lowest BCUT2D eigenvalue weighted by Crippen LogP contribution is -2.13. The highest BCUT2D eigenvalue weighted by Crippen LogP contribution is 2.21. The van der Waals surface area contributed by atoms with Crippen LogP contribution < -0.4 is 0 Å². The van der Waals surface area contributed by atoms with Gasteiger partial charge >= 0.3 is 11.9 Å². The number of hydrogen-bond donors (Lipinski definition) is 3. The van der Waals surface area contributed by atoms with E-state index in [2.05, 4.69) is 0 Å². The third-order valence-corrected chi connectivity index (χ3v) is 2.24. The molecule has 0 bridgehead atoms. The maximum absolute atomic E-state index is 13.0. The molecule has 0 aliphatic rings. The minimum Gasteiger partial charge on any atom is -0.481 e. The molecule has 1 aromatic carbocycles. The molecule has 0 aromatic heterocycles. The van der Waals surface area contributed by atoms with Gasteiger partial charge in [0.25, 0.3) is 0 Å². The molecule has 3 N–H and O–H groups in total. The van der Waals surface area contributed by atoms with Gasteiger partial charge in [-0.2, -0.15) is 0 Å². The van der Waals surface area contributed by atoms with Crippen LogP contribution in [-0.2, 0) is 16.0 Å². The number of carboxylic acid groups (broad SMARTS) is 2. The molecule has 0 radical (unpaired) electrons. The van der Waals surface area contributed by atoms with Crippen LogP contribution in [0.5, 0.6) is 0 Å². The normalized spacial score (nSPS) is 12.1. The van der Waals surface area contributed by atoms with Crippen molar-refractivity contribution >= 4 is 11.9 Å². The molecule has 17 heavy (non-hydrogen) atoms. The molecule has 1 atom stereocenters. The molecule has 0 fully saturated rings. The van der Waals surface area contributed by atoms with Crippen LogP contribution in [0.25, 0.3) is 0 Å². The van der Waals surface area contributed by atoms with Crippen LogP contribution in [0.3, 0.4) is 0 Å². The van der Waals surface area contributed by atoms with Crippen molar-refractivity contribution in [2.75, 3.05) is 0 Å². The monoisotopic (exact) mass is 242 g/mol. The van der Waals surface area contributed by atoms with Gasteiger partial charge in [-0.15, -0.1) is 0 Å². The first-order valence-corrected chi connectivity index (χ1v) is 4.83. The maximum Gasteiger partial charge on any atom is 0.337 e. The number of carbonyl (C=O) groups is 2. The van der Waals surface area contributed by atoms with Crippen LogP contribution in [0.15, 0.2) is 18.2 Å². The number of halogens is 1. The van der Waals surface area contributed by atoms with Crippen molar-refractivity contribution < 1.29 is 29.3 Å². The molecule has 1 rings (SSSR count). The van der Waals surface area contributed by atoms with Gasteiger partial charge in [0.2, 0.25) is 0 Å². The molecule has 0 heterocycles. The Balaban J connectivity index is 3.03. The van der Waals surface area contributed by atoms with Gasteiger partial charge in [-0.25, -0.2) is 9.18 Å². The van der Waals surface area contributed by atoms with Crippen LogP contribution in [0.1, 0.15) is 23.7 Å². The number of carboxylic acids is 2. The first-order chi connectivity index (χ1) is 7.91. The molecule has 0 aliphatic carbocycles. The first-order valence-electron chi connectivity index (χ1n) is 4.83. The summed E-state index contributed by atoms with van der Waals surface area (Å²) < 4.78 is 13.0. The molecule has 1 aromatic rings. The topological polar surface area (TPSA) is 94.8 Å². The van der Waals surface area contributed by atoms with Gasteiger partial charge in [0.05, 0.1) is 0 Å². The molecule has 1 unspecified atom stereocenters. The fourth-order valence-electron chi connectivity index (χ4n) is 1.43. The van der Waals surface area contributed by atoms with E-state index in [9.17, 15) is 19.1 Å². The Bertz CT molecular complexity index is 443. The molecule has 0 saturated carbocycles. The van der Waals surface area contributed by atoms with Gasteiger partial charge < -0.3 is 15.3 Å². The Morgan fingerprint density at radius 2 is 1.94 bits per heavy atom. The van der Waals surface area contributed by atoms with Gasteiger partial charge in [-0.05, 0) is 29.7 Å². The van der Waals surface area contributed by atoms with E-state index in [1.165, 1.54) is 0 Å². The highest BCUT2D eigenvalue weighted by atomic mass is 19.1. The SMILES string of the molecule is O=C(O)CCc1cc(F)ccc1C(O)C(=O)O. The summed E-state index contributed by atoms with van der Waals surface area (Å²) in [6.07, 6.45) is -2.07. The number of rotatable bonds is 5. The van der Waals surface area contributed by atoms with E-state index in [4.69, 9.17) is 10.2 Å². The Hall–Kier alpha value is -1.95. The molecule has 0 spiro atoms. The third-order valence-electron chi connectivity index (χ3n) is 2.24. The molecule has 0 aliphatic heterocycles. The molecular formula is C11H11FO5. The second kappa shape index (κ2) is 5.40. The predicted molar refractivity (Wildman–Crippen MR) is 55.0 cm³/mol. The molecule has 92 valence electrons. The van der Waals surface area contributed by atoms with Crippen molar-refractivity contribution in [3.63, 3.8) is 0 Å². The second-order valence-corrected chi connectivity index (χ2v) is 3.48. The van der Waals surface area contributed by atoms with Crippen molar-refractivity contribution in [1.82, 2.24) is 0 Å². The Labute approximate surface area is 96.1 Å². The summed E-state index contributed by atoms with van der Waals surface area (Å²) in [5.41, 5.74) is 0.197. The number of aliphatic hydroxyl groups excluding tert-OH is 1. The minimum absolute atomic E-state index is 0.0140. The zero-order valence-corrected chi connectivity index (χ0v) is 8.76. The zero-order chi connectivity index (χ0) is 13.0. The molecule has 0 amide bonds. The van der Waals surface area contributed by atoms with Crippen LogP contribution in [0.4, 0.5) is 4.39 Å². The molecular weight excluding hydrogens is 231 g/mol. The highest BCUT2D eigenvalue weighted by Gasteiger charge is 2.20. The molecule has 0 saturated heterocycles. The highest BCUT2D eigenvalue weighted by molar-refractivity contribution is 5.74. The van der Waals surface area contributed by atoms with Gasteiger partial charge in [-0.3, -0.25) is 4.79 Å². The third kappa shape index (κ3) is 3.53. The fourth-order valence-corrected chi connectivity index (χ4v) is 1.43. The fraction of sp³-hybridized carbons (Fsp3) is 0.273. The average molecular weight is 242 g/mol. The number of aryl methyl sites for hydroxylation is 1. The smallest absolute Gasteiger partial charge is 0.337 e. The zero-order valence-electron chi connectivity index (χ0n) is 8.76. The number of aliphatic hydroxyl groups is 1. The lowest BCUT2D eigenvalue weighted by atomic mass is 9.98. The van der Waals surface area contributed by atoms with Gasteiger partial charge in [-0.1, -0.05) is 6.07 Å². The van der Waals surface area contributed by atoms with E-state index in [1.54, 1.807) is 0 Å². The van der Waals surface area contributed by atoms with E-state index in [-0.39, 0.29) is 24.0 Å². The van der Waals surface area contributed by atoms with E-state index < -0.39 is 23.9 Å². The lowest BCUT2D eigenvalue weighted by molar-refractivity contribution is -0.147. The van der Waals surface area contributed by atoms with Gasteiger partial charge in [0.1, 0.15) is 5.82 Å². The maximum atomic E-state index is 13.0. The van der Waals surface area contributed by atoms with Crippen LogP contribution >= 0.6 is 0 Å². The van der Waals surface area contributed by atoms with Crippen molar-refractivity contribution in [2.45, 2.75) is 18.9 Å². The number of benzene rings is 1. The summed E-state index contributed by atoms with van der Waals surface area (Å²) in [4.78, 5) is 21.0. The number of aliphatic carboxylic acids is 2. The van der Waals surface area contributed by atoms with Gasteiger partial charge in [0.15, 0.2) is 6.10 Å². The summed E-state index contributed by atoms with van der Waals surface area (Å²) >= 11 is 0. The van der Waals surface area contributed by atoms with E-state index in [0.717, 1.165) is 18.2 Å². The summed E-state index contributed by atoms with van der Waals surface area (Å²) in [7, 11) is 0. The lowest BCUT2D eigenvalue weighted by Gasteiger charge is -2.11. The predicted octanol–water partition coefficient (Wildman–Crippen LogP) is 0.961. The standard InChI is InChI=1S/C11H11FO5/c12-7-2-3-8(10(15)11(16)17)6(5-7)1-4-9(13)14/h2-3,5,10,15H,1,4H2,(H,13,14)(H,16,17). The minimum atomic E-state index is -1.78. The Morgan fingerprint density at radius 1 is 1.29 bits per heavy atom. The first kappa shape index (κ1) is 13.1. The van der Waals surface area contributed by atoms with E-state index >= 15 is 0 Å². The molecule has 5 nitrogen and oxygen atoms in total. The van der Waals surface area contributed by atoms with Crippen LogP contribution in [0.2, 0.25) is 0 Å². The Kier molecular flexibility index (Phi) is 4.17. The van der Waals surface area contributed by atoms with E-state index in [1.807, 2.05) is 0 Å². The summed E-state index contributed by atoms with van der Waals surface area (Å²) in [6, 6.07) is 3.20. The molecule has 6 heteroatoms. The quantitative estimate of drug-likeness (QED) is 0.714. The van der Waals surface area contributed by atoms with Crippen LogP contribution in [-0.4, -0.2) is 27.3 Å². The second-order valence-electron chi connectivity index (χ2n) is 3.48.